The number of ether oxygens (including phenoxy) is 1. The summed E-state index contributed by atoms with van der Waals surface area (Å²) in [7, 11) is 5.15. The van der Waals surface area contributed by atoms with Crippen LogP contribution in [0.5, 0.6) is 5.75 Å². The lowest BCUT2D eigenvalue weighted by molar-refractivity contribution is -0.136. The van der Waals surface area contributed by atoms with Crippen molar-refractivity contribution in [1.82, 2.24) is 4.90 Å². The van der Waals surface area contributed by atoms with E-state index in [2.05, 4.69) is 0 Å². The van der Waals surface area contributed by atoms with E-state index in [9.17, 15) is 9.59 Å². The maximum atomic E-state index is 12.9. The highest BCUT2D eigenvalue weighted by atomic mass is 16.5. The molecule has 1 aliphatic rings. The lowest BCUT2D eigenvalue weighted by Gasteiger charge is -2.41. The van der Waals surface area contributed by atoms with Gasteiger partial charge in [-0.3, -0.25) is 9.59 Å². The van der Waals surface area contributed by atoms with E-state index in [1.165, 1.54) is 0 Å². The molecule has 0 unspecified atom stereocenters. The van der Waals surface area contributed by atoms with Crippen molar-refractivity contribution in [3.63, 3.8) is 0 Å². The molecule has 0 aromatic heterocycles. The second kappa shape index (κ2) is 7.82. The summed E-state index contributed by atoms with van der Waals surface area (Å²) >= 11 is 0. The standard InChI is InChI=1S/C22H26N2O3/c1-15-5-9-17(10-6-15)24-20(25)14-13-19(22(26)23(2)3)21(24)16-7-11-18(27-4)12-8-16/h5-12,19,21H,13-14H2,1-4H3/t19-,21+/m0/s1. The Morgan fingerprint density at radius 3 is 2.26 bits per heavy atom. The van der Waals surface area contributed by atoms with Gasteiger partial charge in [0.15, 0.2) is 0 Å². The minimum absolute atomic E-state index is 0.0421. The highest BCUT2D eigenvalue weighted by Crippen LogP contribution is 2.41. The summed E-state index contributed by atoms with van der Waals surface area (Å²) in [5.41, 5.74) is 2.89. The monoisotopic (exact) mass is 366 g/mol. The number of aryl methyl sites for hydroxylation is 1. The predicted octanol–water partition coefficient (Wildman–Crippen LogP) is 3.58. The minimum Gasteiger partial charge on any atom is -0.497 e. The molecule has 1 heterocycles. The Morgan fingerprint density at radius 1 is 1.07 bits per heavy atom. The van der Waals surface area contributed by atoms with Crippen LogP contribution in [0.15, 0.2) is 48.5 Å². The number of carbonyl (C=O) groups excluding carboxylic acids is 2. The van der Waals surface area contributed by atoms with Crippen molar-refractivity contribution in [2.45, 2.75) is 25.8 Å². The van der Waals surface area contributed by atoms with Crippen LogP contribution in [0.1, 0.15) is 30.0 Å². The zero-order chi connectivity index (χ0) is 19.6. The summed E-state index contributed by atoms with van der Waals surface area (Å²) in [4.78, 5) is 29.2. The third-order valence-electron chi connectivity index (χ3n) is 5.12. The number of methoxy groups -OCH3 is 1. The molecule has 1 fully saturated rings. The van der Waals surface area contributed by atoms with E-state index in [0.717, 1.165) is 22.6 Å². The topological polar surface area (TPSA) is 49.9 Å². The molecule has 2 atom stereocenters. The smallest absolute Gasteiger partial charge is 0.227 e. The Labute approximate surface area is 160 Å². The van der Waals surface area contributed by atoms with E-state index in [0.29, 0.717) is 12.8 Å². The van der Waals surface area contributed by atoms with Crippen LogP contribution in [-0.2, 0) is 9.59 Å². The third-order valence-corrected chi connectivity index (χ3v) is 5.12. The molecule has 1 saturated heterocycles. The van der Waals surface area contributed by atoms with Crippen LogP contribution >= 0.6 is 0 Å². The first-order chi connectivity index (χ1) is 12.9. The summed E-state index contributed by atoms with van der Waals surface area (Å²) in [5, 5.41) is 0. The zero-order valence-corrected chi connectivity index (χ0v) is 16.3. The molecule has 2 amide bonds. The second-order valence-electron chi connectivity index (χ2n) is 7.20. The Hall–Kier alpha value is -2.82. The maximum Gasteiger partial charge on any atom is 0.227 e. The fourth-order valence-electron chi connectivity index (χ4n) is 3.67. The Bertz CT molecular complexity index is 812. The molecule has 3 rings (SSSR count). The van der Waals surface area contributed by atoms with Crippen molar-refractivity contribution in [1.29, 1.82) is 0 Å². The molecule has 1 aliphatic heterocycles. The average Bonchev–Trinajstić information content (AvgIpc) is 2.68. The molecule has 2 aromatic rings. The van der Waals surface area contributed by atoms with Crippen molar-refractivity contribution < 1.29 is 14.3 Å². The minimum atomic E-state index is -0.338. The van der Waals surface area contributed by atoms with Gasteiger partial charge in [0.2, 0.25) is 11.8 Å². The molecule has 0 saturated carbocycles. The van der Waals surface area contributed by atoms with Crippen molar-refractivity contribution in [2.24, 2.45) is 5.92 Å². The van der Waals surface area contributed by atoms with Gasteiger partial charge in [-0.1, -0.05) is 29.8 Å². The largest absolute Gasteiger partial charge is 0.497 e. The number of hydrogen-bond acceptors (Lipinski definition) is 3. The van der Waals surface area contributed by atoms with Crippen molar-refractivity contribution in [3.8, 4) is 5.75 Å². The molecular formula is C22H26N2O3. The summed E-state index contributed by atoms with van der Waals surface area (Å²) in [6, 6.07) is 15.2. The Balaban J connectivity index is 2.09. The molecule has 0 spiro atoms. The fourth-order valence-corrected chi connectivity index (χ4v) is 3.67. The van der Waals surface area contributed by atoms with Gasteiger partial charge in [-0.15, -0.1) is 0 Å². The van der Waals surface area contributed by atoms with Crippen LogP contribution in [0.3, 0.4) is 0 Å². The number of nitrogens with zero attached hydrogens (tertiary/aromatic N) is 2. The molecule has 0 aliphatic carbocycles. The van der Waals surface area contributed by atoms with Crippen LogP contribution in [0.2, 0.25) is 0 Å². The number of carbonyl (C=O) groups is 2. The van der Waals surface area contributed by atoms with Gasteiger partial charge in [0, 0.05) is 26.2 Å². The number of benzene rings is 2. The van der Waals surface area contributed by atoms with E-state index >= 15 is 0 Å². The second-order valence-corrected chi connectivity index (χ2v) is 7.20. The van der Waals surface area contributed by atoms with Crippen molar-refractivity contribution in [2.75, 3.05) is 26.1 Å². The molecule has 0 N–H and O–H groups in total. The highest BCUT2D eigenvalue weighted by Gasteiger charge is 2.41. The summed E-state index contributed by atoms with van der Waals surface area (Å²) in [6.07, 6.45) is 0.916. The molecule has 2 aromatic carbocycles. The third kappa shape index (κ3) is 3.82. The number of amides is 2. The van der Waals surface area contributed by atoms with E-state index in [-0.39, 0.29) is 23.8 Å². The molecule has 0 radical (unpaired) electrons. The van der Waals surface area contributed by atoms with E-state index < -0.39 is 0 Å². The van der Waals surface area contributed by atoms with Crippen LogP contribution in [-0.4, -0.2) is 37.9 Å². The predicted molar refractivity (Wildman–Crippen MR) is 106 cm³/mol. The lowest BCUT2D eigenvalue weighted by Crippen LogP contribution is -2.48. The summed E-state index contributed by atoms with van der Waals surface area (Å²) in [5.74, 6) is 0.550. The fraction of sp³-hybridized carbons (Fsp3) is 0.364. The molecule has 27 heavy (non-hydrogen) atoms. The zero-order valence-electron chi connectivity index (χ0n) is 16.3. The number of rotatable bonds is 4. The lowest BCUT2D eigenvalue weighted by atomic mass is 9.83. The van der Waals surface area contributed by atoms with Gasteiger partial charge in [0.05, 0.1) is 19.1 Å². The first-order valence-electron chi connectivity index (χ1n) is 9.16. The first-order valence-corrected chi connectivity index (χ1v) is 9.16. The number of piperidine rings is 1. The highest BCUT2D eigenvalue weighted by molar-refractivity contribution is 5.97. The van der Waals surface area contributed by atoms with Gasteiger partial charge >= 0.3 is 0 Å². The van der Waals surface area contributed by atoms with E-state index in [1.54, 1.807) is 31.0 Å². The number of anilines is 1. The quantitative estimate of drug-likeness (QED) is 0.831. The van der Waals surface area contributed by atoms with Crippen LogP contribution < -0.4 is 9.64 Å². The van der Waals surface area contributed by atoms with Crippen LogP contribution in [0, 0.1) is 12.8 Å². The SMILES string of the molecule is COc1ccc([C@@H]2[C@@H](C(=O)N(C)C)CCC(=O)N2c2ccc(C)cc2)cc1. The van der Waals surface area contributed by atoms with Crippen LogP contribution in [0.25, 0.3) is 0 Å². The normalized spacial score (nSPS) is 19.7. The van der Waals surface area contributed by atoms with Crippen molar-refractivity contribution in [3.05, 3.63) is 59.7 Å². The van der Waals surface area contributed by atoms with E-state index in [1.807, 2.05) is 55.5 Å². The molecule has 5 heteroatoms. The number of hydrogen-bond donors (Lipinski definition) is 0. The van der Waals surface area contributed by atoms with Gasteiger partial charge in [-0.25, -0.2) is 0 Å². The maximum absolute atomic E-state index is 12.9. The molecule has 0 bridgehead atoms. The van der Waals surface area contributed by atoms with Gasteiger partial charge in [-0.2, -0.15) is 0 Å². The first kappa shape index (κ1) is 19.0. The van der Waals surface area contributed by atoms with E-state index in [4.69, 9.17) is 4.74 Å². The Kier molecular flexibility index (Phi) is 5.49. The average molecular weight is 366 g/mol. The van der Waals surface area contributed by atoms with Gasteiger partial charge < -0.3 is 14.5 Å². The molecular weight excluding hydrogens is 340 g/mol. The molecule has 142 valence electrons. The van der Waals surface area contributed by atoms with Gasteiger partial charge in [0.1, 0.15) is 5.75 Å². The van der Waals surface area contributed by atoms with Crippen LogP contribution in [0.4, 0.5) is 5.69 Å². The van der Waals surface area contributed by atoms with Crippen molar-refractivity contribution >= 4 is 17.5 Å². The summed E-state index contributed by atoms with van der Waals surface area (Å²) < 4.78 is 5.26. The Morgan fingerprint density at radius 2 is 1.70 bits per heavy atom. The molecule has 5 nitrogen and oxygen atoms in total. The summed E-state index contributed by atoms with van der Waals surface area (Å²) in [6.45, 7) is 2.02. The van der Waals surface area contributed by atoms with Gasteiger partial charge in [-0.05, 0) is 43.2 Å². The van der Waals surface area contributed by atoms with Gasteiger partial charge in [0.25, 0.3) is 0 Å².